The average Bonchev–Trinajstić information content (AvgIpc) is 3.62. The van der Waals surface area contributed by atoms with Gasteiger partial charge in [0.15, 0.2) is 5.79 Å². The van der Waals surface area contributed by atoms with E-state index in [1.54, 1.807) is 6.08 Å². The molecule has 2 bridgehead atoms. The molecule has 1 heterocycles. The standard InChI is InChI=1S/C40H48O6/c1-5-23-41-34-32(42-25-28-15-9-6-10-16-28)33(43-26-29-17-11-7-12-18-29)35(44-27-30-19-13-8-14-20-30)37-36(34)45-40(46-37)24-31-21-22-39(40,4)38(31,2)3/h5-20,31-37H,1,21-27H2,2-4H3/t31-,32+,33+,34-,35-,36-,37+,39-,40?/m1/s1. The van der Waals surface area contributed by atoms with Gasteiger partial charge in [-0.25, -0.2) is 0 Å². The summed E-state index contributed by atoms with van der Waals surface area (Å²) in [6.07, 6.45) is 2.25. The van der Waals surface area contributed by atoms with Gasteiger partial charge in [-0.15, -0.1) is 6.58 Å². The van der Waals surface area contributed by atoms with Crippen molar-refractivity contribution in [3.63, 3.8) is 0 Å². The molecule has 244 valence electrons. The molecule has 3 saturated carbocycles. The summed E-state index contributed by atoms with van der Waals surface area (Å²) in [7, 11) is 0. The second-order valence-electron chi connectivity index (χ2n) is 14.3. The summed E-state index contributed by atoms with van der Waals surface area (Å²) in [6, 6.07) is 30.8. The fourth-order valence-electron chi connectivity index (χ4n) is 8.64. The Morgan fingerprint density at radius 3 is 1.48 bits per heavy atom. The predicted molar refractivity (Wildman–Crippen MR) is 177 cm³/mol. The molecule has 3 aliphatic carbocycles. The third-order valence-corrected chi connectivity index (χ3v) is 11.6. The topological polar surface area (TPSA) is 55.4 Å². The maximum absolute atomic E-state index is 7.30. The van der Waals surface area contributed by atoms with Crippen LogP contribution in [0.25, 0.3) is 0 Å². The molecule has 7 rings (SSSR count). The Morgan fingerprint density at radius 2 is 1.09 bits per heavy atom. The van der Waals surface area contributed by atoms with Gasteiger partial charge in [0, 0.05) is 11.8 Å². The molecular weight excluding hydrogens is 576 g/mol. The Balaban J connectivity index is 1.27. The molecule has 0 aromatic heterocycles. The molecular formula is C40H48O6. The molecule has 4 aliphatic rings. The van der Waals surface area contributed by atoms with E-state index in [0.717, 1.165) is 29.5 Å². The smallest absolute Gasteiger partial charge is 0.175 e. The van der Waals surface area contributed by atoms with Gasteiger partial charge in [-0.1, -0.05) is 118 Å². The van der Waals surface area contributed by atoms with Crippen molar-refractivity contribution < 1.29 is 28.4 Å². The monoisotopic (exact) mass is 624 g/mol. The lowest BCUT2D eigenvalue weighted by atomic mass is 9.68. The predicted octanol–water partition coefficient (Wildman–Crippen LogP) is 7.65. The number of hydrogen-bond acceptors (Lipinski definition) is 6. The Bertz CT molecular complexity index is 1450. The minimum absolute atomic E-state index is 0.0881. The van der Waals surface area contributed by atoms with Crippen molar-refractivity contribution in [2.45, 2.75) is 102 Å². The fourth-order valence-corrected chi connectivity index (χ4v) is 8.64. The first kappa shape index (κ1) is 31.7. The summed E-state index contributed by atoms with van der Waals surface area (Å²) in [5.41, 5.74) is 3.20. The third-order valence-electron chi connectivity index (χ3n) is 11.6. The molecule has 6 heteroatoms. The first-order chi connectivity index (χ1) is 22.4. The van der Waals surface area contributed by atoms with Gasteiger partial charge in [0.25, 0.3) is 0 Å². The summed E-state index contributed by atoms with van der Waals surface area (Å²) in [5.74, 6) is -0.193. The third kappa shape index (κ3) is 5.57. The summed E-state index contributed by atoms with van der Waals surface area (Å²) in [6.45, 7) is 12.7. The highest BCUT2D eigenvalue weighted by Crippen LogP contribution is 2.73. The lowest BCUT2D eigenvalue weighted by Gasteiger charge is -2.46. The van der Waals surface area contributed by atoms with Crippen LogP contribution >= 0.6 is 0 Å². The fraction of sp³-hybridized carbons (Fsp3) is 0.500. The summed E-state index contributed by atoms with van der Waals surface area (Å²) < 4.78 is 41.8. The molecule has 1 saturated heterocycles. The van der Waals surface area contributed by atoms with Gasteiger partial charge >= 0.3 is 0 Å². The second-order valence-corrected chi connectivity index (χ2v) is 14.3. The minimum Gasteiger partial charge on any atom is -0.369 e. The van der Waals surface area contributed by atoms with Crippen LogP contribution < -0.4 is 0 Å². The highest BCUT2D eigenvalue weighted by molar-refractivity contribution is 5.21. The van der Waals surface area contributed by atoms with Gasteiger partial charge in [0.05, 0.1) is 26.4 Å². The molecule has 0 N–H and O–H groups in total. The maximum atomic E-state index is 7.30. The summed E-state index contributed by atoms with van der Waals surface area (Å²) in [4.78, 5) is 0. The molecule has 46 heavy (non-hydrogen) atoms. The van der Waals surface area contributed by atoms with Crippen molar-refractivity contribution in [3.05, 3.63) is 120 Å². The van der Waals surface area contributed by atoms with E-state index in [-0.39, 0.29) is 10.8 Å². The van der Waals surface area contributed by atoms with E-state index >= 15 is 0 Å². The molecule has 6 nitrogen and oxygen atoms in total. The van der Waals surface area contributed by atoms with Crippen LogP contribution in [0.3, 0.4) is 0 Å². The van der Waals surface area contributed by atoms with E-state index in [1.165, 1.54) is 6.42 Å². The van der Waals surface area contributed by atoms with Crippen LogP contribution in [0.15, 0.2) is 104 Å². The van der Waals surface area contributed by atoms with Crippen LogP contribution in [0, 0.1) is 16.7 Å². The molecule has 4 fully saturated rings. The normalized spacial score (nSPS) is 35.8. The van der Waals surface area contributed by atoms with E-state index < -0.39 is 42.4 Å². The molecule has 3 aromatic rings. The maximum Gasteiger partial charge on any atom is 0.175 e. The number of ether oxygens (including phenoxy) is 6. The molecule has 1 unspecified atom stereocenters. The highest BCUT2D eigenvalue weighted by Gasteiger charge is 2.76. The van der Waals surface area contributed by atoms with Crippen LogP contribution in [-0.4, -0.2) is 49.0 Å². The van der Waals surface area contributed by atoms with Crippen LogP contribution in [0.1, 0.15) is 56.7 Å². The number of hydrogen-bond donors (Lipinski definition) is 0. The highest BCUT2D eigenvalue weighted by atomic mass is 16.8. The molecule has 0 radical (unpaired) electrons. The largest absolute Gasteiger partial charge is 0.369 e. The number of benzene rings is 3. The zero-order chi connectivity index (χ0) is 31.8. The van der Waals surface area contributed by atoms with Crippen LogP contribution in [0.5, 0.6) is 0 Å². The molecule has 0 amide bonds. The Hall–Kier alpha value is -2.84. The SMILES string of the molecule is C=CCO[C@@H]1[C@@H](OCc2ccccc2)[C@H](OCc2ccccc2)[C@@H](OCc2ccccc2)[C@@H]2OC3(C[C@H]4CC[C@]3(C)C4(C)C)O[C@H]12. The first-order valence-electron chi connectivity index (χ1n) is 16.9. The minimum atomic E-state index is -0.725. The zero-order valence-electron chi connectivity index (χ0n) is 27.4. The van der Waals surface area contributed by atoms with Crippen molar-refractivity contribution in [1.29, 1.82) is 0 Å². The van der Waals surface area contributed by atoms with Gasteiger partial charge in [-0.05, 0) is 40.9 Å². The molecule has 1 aliphatic heterocycles. The van der Waals surface area contributed by atoms with Gasteiger partial charge in [0.1, 0.15) is 36.6 Å². The molecule has 3 aromatic carbocycles. The zero-order valence-corrected chi connectivity index (χ0v) is 27.4. The van der Waals surface area contributed by atoms with Crippen LogP contribution in [-0.2, 0) is 48.2 Å². The van der Waals surface area contributed by atoms with E-state index in [1.807, 2.05) is 54.6 Å². The van der Waals surface area contributed by atoms with Gasteiger partial charge in [0.2, 0.25) is 0 Å². The van der Waals surface area contributed by atoms with Crippen LogP contribution in [0.4, 0.5) is 0 Å². The lowest BCUT2D eigenvalue weighted by molar-refractivity contribution is -0.259. The Kier molecular flexibility index (Phi) is 8.96. The van der Waals surface area contributed by atoms with Gasteiger partial charge < -0.3 is 28.4 Å². The van der Waals surface area contributed by atoms with Gasteiger partial charge in [-0.3, -0.25) is 0 Å². The van der Waals surface area contributed by atoms with Crippen molar-refractivity contribution >= 4 is 0 Å². The first-order valence-corrected chi connectivity index (χ1v) is 16.9. The summed E-state index contributed by atoms with van der Waals surface area (Å²) in [5, 5.41) is 0. The van der Waals surface area contributed by atoms with E-state index in [9.17, 15) is 0 Å². The molecule has 9 atom stereocenters. The van der Waals surface area contributed by atoms with Gasteiger partial charge in [-0.2, -0.15) is 0 Å². The van der Waals surface area contributed by atoms with E-state index in [4.69, 9.17) is 28.4 Å². The van der Waals surface area contributed by atoms with Crippen molar-refractivity contribution in [1.82, 2.24) is 0 Å². The number of fused-ring (bicyclic) bond motifs is 4. The van der Waals surface area contributed by atoms with Crippen molar-refractivity contribution in [3.8, 4) is 0 Å². The van der Waals surface area contributed by atoms with E-state index in [2.05, 4.69) is 63.7 Å². The van der Waals surface area contributed by atoms with E-state index in [0.29, 0.717) is 32.3 Å². The lowest BCUT2D eigenvalue weighted by Crippen LogP contribution is -2.65. The number of rotatable bonds is 12. The van der Waals surface area contributed by atoms with Crippen LogP contribution in [0.2, 0.25) is 0 Å². The molecule has 1 spiro atoms. The Morgan fingerprint density at radius 1 is 0.652 bits per heavy atom. The Labute approximate surface area is 274 Å². The summed E-state index contributed by atoms with van der Waals surface area (Å²) >= 11 is 0. The second kappa shape index (κ2) is 13.0. The van der Waals surface area contributed by atoms with Crippen molar-refractivity contribution in [2.24, 2.45) is 16.7 Å². The quantitative estimate of drug-likeness (QED) is 0.193. The average molecular weight is 625 g/mol. The van der Waals surface area contributed by atoms with Crippen molar-refractivity contribution in [2.75, 3.05) is 6.61 Å².